The van der Waals surface area contributed by atoms with Crippen LogP contribution in [0.3, 0.4) is 0 Å². The number of amides is 1. The highest BCUT2D eigenvalue weighted by atomic mass is 16.7. The van der Waals surface area contributed by atoms with E-state index in [9.17, 15) is 9.59 Å². The fourth-order valence-corrected chi connectivity index (χ4v) is 4.52. The second-order valence-electron chi connectivity index (χ2n) is 7.83. The van der Waals surface area contributed by atoms with Crippen molar-refractivity contribution in [1.29, 1.82) is 0 Å². The molecule has 1 saturated carbocycles. The Morgan fingerprint density at radius 3 is 2.69 bits per heavy atom. The van der Waals surface area contributed by atoms with Crippen molar-refractivity contribution in [3.63, 3.8) is 0 Å². The summed E-state index contributed by atoms with van der Waals surface area (Å²) in [4.78, 5) is 27.4. The standard InChI is InChI=1S/C23H23NO5/c25-22(12-20-17-7-3-4-8-18(17)23(26)29-20)24(16-5-1-2-6-16)13-15-9-10-19-21(11-15)28-14-27-19/h3-4,7-11,16,20H,1-2,5-6,12-14H2/t20-/m1/s1. The number of ether oxygens (including phenoxy) is 3. The van der Waals surface area contributed by atoms with Crippen LogP contribution in [0.1, 0.15) is 59.7 Å². The van der Waals surface area contributed by atoms with Crippen LogP contribution in [0.5, 0.6) is 11.5 Å². The van der Waals surface area contributed by atoms with Gasteiger partial charge in [0.05, 0.1) is 12.0 Å². The van der Waals surface area contributed by atoms with Gasteiger partial charge in [-0.2, -0.15) is 0 Å². The van der Waals surface area contributed by atoms with Gasteiger partial charge in [0.25, 0.3) is 0 Å². The second kappa shape index (κ2) is 7.43. The van der Waals surface area contributed by atoms with Gasteiger partial charge in [-0.25, -0.2) is 4.79 Å². The van der Waals surface area contributed by atoms with Gasteiger partial charge >= 0.3 is 5.97 Å². The summed E-state index contributed by atoms with van der Waals surface area (Å²) >= 11 is 0. The lowest BCUT2D eigenvalue weighted by Crippen LogP contribution is -2.39. The molecule has 0 bridgehead atoms. The van der Waals surface area contributed by atoms with E-state index in [1.807, 2.05) is 41.3 Å². The molecule has 2 aliphatic heterocycles. The summed E-state index contributed by atoms with van der Waals surface area (Å²) in [6, 6.07) is 13.4. The van der Waals surface area contributed by atoms with Crippen molar-refractivity contribution in [2.24, 2.45) is 0 Å². The Labute approximate surface area is 169 Å². The highest BCUT2D eigenvalue weighted by Gasteiger charge is 2.35. The van der Waals surface area contributed by atoms with Crippen molar-refractivity contribution in [3.05, 3.63) is 59.2 Å². The molecular weight excluding hydrogens is 370 g/mol. The van der Waals surface area contributed by atoms with E-state index in [0.717, 1.165) is 48.3 Å². The number of carbonyl (C=O) groups excluding carboxylic acids is 2. The molecule has 0 spiro atoms. The summed E-state index contributed by atoms with van der Waals surface area (Å²) in [5, 5.41) is 0. The second-order valence-corrected chi connectivity index (χ2v) is 7.83. The van der Waals surface area contributed by atoms with Gasteiger partial charge < -0.3 is 19.1 Å². The molecule has 150 valence electrons. The summed E-state index contributed by atoms with van der Waals surface area (Å²) in [6.07, 6.45) is 3.96. The fraction of sp³-hybridized carbons (Fsp3) is 0.391. The SMILES string of the molecule is O=C1O[C@H](CC(=O)N(Cc2ccc3c(c2)OCO3)C2CCCC2)c2ccccc21. The van der Waals surface area contributed by atoms with Gasteiger partial charge in [0, 0.05) is 18.2 Å². The van der Waals surface area contributed by atoms with Crippen molar-refractivity contribution in [2.75, 3.05) is 6.79 Å². The largest absolute Gasteiger partial charge is 0.454 e. The van der Waals surface area contributed by atoms with Crippen LogP contribution in [0, 0.1) is 0 Å². The lowest BCUT2D eigenvalue weighted by atomic mass is 10.0. The Morgan fingerprint density at radius 2 is 1.83 bits per heavy atom. The van der Waals surface area contributed by atoms with E-state index in [1.54, 1.807) is 6.07 Å². The Balaban J connectivity index is 1.36. The number of hydrogen-bond donors (Lipinski definition) is 0. The molecule has 2 aromatic carbocycles. The van der Waals surface area contributed by atoms with Crippen molar-refractivity contribution >= 4 is 11.9 Å². The van der Waals surface area contributed by atoms with Crippen LogP contribution in [0.25, 0.3) is 0 Å². The summed E-state index contributed by atoms with van der Waals surface area (Å²) in [6.45, 7) is 0.749. The maximum absolute atomic E-state index is 13.3. The van der Waals surface area contributed by atoms with Crippen LogP contribution in [0.2, 0.25) is 0 Å². The summed E-state index contributed by atoms with van der Waals surface area (Å²) < 4.78 is 16.4. The third kappa shape index (κ3) is 3.43. The molecule has 0 saturated heterocycles. The fourth-order valence-electron chi connectivity index (χ4n) is 4.52. The van der Waals surface area contributed by atoms with Crippen LogP contribution in [0.15, 0.2) is 42.5 Å². The molecule has 0 aromatic heterocycles. The minimum absolute atomic E-state index is 0.0177. The summed E-state index contributed by atoms with van der Waals surface area (Å²) in [5.41, 5.74) is 2.38. The monoisotopic (exact) mass is 393 g/mol. The van der Waals surface area contributed by atoms with E-state index in [0.29, 0.717) is 12.1 Å². The number of benzene rings is 2. The first-order chi connectivity index (χ1) is 14.2. The van der Waals surface area contributed by atoms with Gasteiger partial charge in [0.2, 0.25) is 12.7 Å². The number of nitrogens with zero attached hydrogens (tertiary/aromatic N) is 1. The molecule has 0 radical (unpaired) electrons. The molecule has 1 aliphatic carbocycles. The number of carbonyl (C=O) groups is 2. The van der Waals surface area contributed by atoms with E-state index in [2.05, 4.69) is 0 Å². The van der Waals surface area contributed by atoms with Gasteiger partial charge in [-0.15, -0.1) is 0 Å². The van der Waals surface area contributed by atoms with Crippen molar-refractivity contribution in [2.45, 2.75) is 50.8 Å². The number of cyclic esters (lactones) is 1. The van der Waals surface area contributed by atoms with Crippen LogP contribution in [0.4, 0.5) is 0 Å². The smallest absolute Gasteiger partial charge is 0.339 e. The Kier molecular flexibility index (Phi) is 4.62. The number of esters is 1. The Hall–Kier alpha value is -3.02. The highest BCUT2D eigenvalue weighted by Crippen LogP contribution is 2.36. The van der Waals surface area contributed by atoms with E-state index in [-0.39, 0.29) is 31.1 Å². The molecule has 3 aliphatic rings. The molecule has 29 heavy (non-hydrogen) atoms. The van der Waals surface area contributed by atoms with Crippen molar-refractivity contribution in [1.82, 2.24) is 4.90 Å². The van der Waals surface area contributed by atoms with Crippen LogP contribution in [-0.4, -0.2) is 29.6 Å². The highest BCUT2D eigenvalue weighted by molar-refractivity contribution is 5.94. The molecule has 0 N–H and O–H groups in total. The lowest BCUT2D eigenvalue weighted by Gasteiger charge is -2.30. The van der Waals surface area contributed by atoms with E-state index in [1.165, 1.54) is 0 Å². The van der Waals surface area contributed by atoms with E-state index >= 15 is 0 Å². The lowest BCUT2D eigenvalue weighted by molar-refractivity contribution is -0.136. The van der Waals surface area contributed by atoms with E-state index < -0.39 is 6.10 Å². The van der Waals surface area contributed by atoms with Crippen molar-refractivity contribution < 1.29 is 23.8 Å². The zero-order chi connectivity index (χ0) is 19.8. The van der Waals surface area contributed by atoms with Gasteiger partial charge in [-0.3, -0.25) is 4.79 Å². The molecule has 0 unspecified atom stereocenters. The van der Waals surface area contributed by atoms with Crippen LogP contribution >= 0.6 is 0 Å². The quantitative estimate of drug-likeness (QED) is 0.719. The third-order valence-corrected chi connectivity index (χ3v) is 6.01. The predicted octanol–water partition coefficient (Wildman–Crippen LogP) is 3.99. The minimum Gasteiger partial charge on any atom is -0.454 e. The molecule has 1 fully saturated rings. The van der Waals surface area contributed by atoms with Gasteiger partial charge in [-0.1, -0.05) is 37.1 Å². The van der Waals surface area contributed by atoms with Crippen LogP contribution < -0.4 is 9.47 Å². The van der Waals surface area contributed by atoms with Gasteiger partial charge in [0.1, 0.15) is 6.10 Å². The first kappa shape index (κ1) is 18.0. The summed E-state index contributed by atoms with van der Waals surface area (Å²) in [7, 11) is 0. The zero-order valence-electron chi connectivity index (χ0n) is 16.1. The normalized spacial score (nSPS) is 19.9. The maximum atomic E-state index is 13.3. The maximum Gasteiger partial charge on any atom is 0.339 e. The molecule has 1 atom stereocenters. The zero-order valence-corrected chi connectivity index (χ0v) is 16.1. The van der Waals surface area contributed by atoms with Gasteiger partial charge in [0.15, 0.2) is 11.5 Å². The first-order valence-corrected chi connectivity index (χ1v) is 10.2. The molecular formula is C23H23NO5. The Bertz CT molecular complexity index is 950. The number of rotatable bonds is 5. The van der Waals surface area contributed by atoms with E-state index in [4.69, 9.17) is 14.2 Å². The number of fused-ring (bicyclic) bond motifs is 2. The Morgan fingerprint density at radius 1 is 1.03 bits per heavy atom. The molecule has 5 rings (SSSR count). The topological polar surface area (TPSA) is 65.1 Å². The average Bonchev–Trinajstić information content (AvgIpc) is 3.47. The molecule has 2 heterocycles. The molecule has 2 aromatic rings. The van der Waals surface area contributed by atoms with Crippen molar-refractivity contribution in [3.8, 4) is 11.5 Å². The summed E-state index contributed by atoms with van der Waals surface area (Å²) in [5.74, 6) is 1.13. The van der Waals surface area contributed by atoms with Gasteiger partial charge in [-0.05, 0) is 36.6 Å². The molecule has 6 heteroatoms. The molecule has 1 amide bonds. The molecule has 6 nitrogen and oxygen atoms in total. The third-order valence-electron chi connectivity index (χ3n) is 6.01. The average molecular weight is 393 g/mol. The minimum atomic E-state index is -0.508. The first-order valence-electron chi connectivity index (χ1n) is 10.2. The number of hydrogen-bond acceptors (Lipinski definition) is 5. The predicted molar refractivity (Wildman–Crippen MR) is 105 cm³/mol. The van der Waals surface area contributed by atoms with Crippen LogP contribution in [-0.2, 0) is 16.1 Å².